The molecule has 2 aromatic carbocycles. The molecule has 2 nitrogen and oxygen atoms in total. The fourth-order valence-corrected chi connectivity index (χ4v) is 4.15. The summed E-state index contributed by atoms with van der Waals surface area (Å²) in [6.45, 7) is 0.767. The molecule has 1 aliphatic heterocycles. The van der Waals surface area contributed by atoms with Crippen LogP contribution in [0.5, 0.6) is 0 Å². The second kappa shape index (κ2) is 6.42. The third-order valence-electron chi connectivity index (χ3n) is 3.38. The summed E-state index contributed by atoms with van der Waals surface area (Å²) in [6, 6.07) is 15.3. The Morgan fingerprint density at radius 2 is 2.00 bits per heavy atom. The SMILES string of the molecule is O=C(c1cccc(Br)c1)N1CCSC1c1ccc(Cl)cc1. The molecule has 0 aromatic heterocycles. The molecule has 1 aliphatic rings. The number of amides is 1. The van der Waals surface area contributed by atoms with Gasteiger partial charge in [0.05, 0.1) is 0 Å². The van der Waals surface area contributed by atoms with E-state index in [1.165, 1.54) is 0 Å². The van der Waals surface area contributed by atoms with Gasteiger partial charge in [-0.25, -0.2) is 0 Å². The summed E-state index contributed by atoms with van der Waals surface area (Å²) in [7, 11) is 0. The molecule has 108 valence electrons. The molecular weight excluding hydrogens is 370 g/mol. The van der Waals surface area contributed by atoms with Crippen LogP contribution in [0.2, 0.25) is 5.02 Å². The normalized spacial score (nSPS) is 18.0. The Kier molecular flexibility index (Phi) is 4.57. The zero-order valence-corrected chi connectivity index (χ0v) is 14.3. The van der Waals surface area contributed by atoms with Crippen LogP contribution in [0, 0.1) is 0 Å². The molecule has 0 saturated carbocycles. The number of hydrogen-bond donors (Lipinski definition) is 0. The lowest BCUT2D eigenvalue weighted by molar-refractivity contribution is 0.0760. The summed E-state index contributed by atoms with van der Waals surface area (Å²) in [6.07, 6.45) is 0. The van der Waals surface area contributed by atoms with Crippen molar-refractivity contribution in [3.8, 4) is 0 Å². The molecule has 1 amide bonds. The van der Waals surface area contributed by atoms with Gasteiger partial charge in [0.1, 0.15) is 5.37 Å². The highest BCUT2D eigenvalue weighted by Crippen LogP contribution is 2.39. The van der Waals surface area contributed by atoms with Crippen LogP contribution in [0.4, 0.5) is 0 Å². The Morgan fingerprint density at radius 1 is 1.24 bits per heavy atom. The first-order valence-corrected chi connectivity index (χ1v) is 8.81. The predicted octanol–water partition coefficient (Wildman–Crippen LogP) is 4.99. The van der Waals surface area contributed by atoms with E-state index < -0.39 is 0 Å². The van der Waals surface area contributed by atoms with Crippen LogP contribution in [0.25, 0.3) is 0 Å². The average molecular weight is 383 g/mol. The third kappa shape index (κ3) is 3.28. The molecule has 0 aliphatic carbocycles. The minimum absolute atomic E-state index is 0.0637. The van der Waals surface area contributed by atoms with Crippen LogP contribution < -0.4 is 0 Å². The quantitative estimate of drug-likeness (QED) is 0.729. The van der Waals surface area contributed by atoms with Gasteiger partial charge in [0.2, 0.25) is 0 Å². The van der Waals surface area contributed by atoms with Crippen molar-refractivity contribution in [1.29, 1.82) is 0 Å². The van der Waals surface area contributed by atoms with Crippen LogP contribution >= 0.6 is 39.3 Å². The molecule has 1 unspecified atom stereocenters. The van der Waals surface area contributed by atoms with E-state index in [4.69, 9.17) is 11.6 Å². The number of thioether (sulfide) groups is 1. The van der Waals surface area contributed by atoms with Gasteiger partial charge >= 0.3 is 0 Å². The highest BCUT2D eigenvalue weighted by molar-refractivity contribution is 9.10. The Morgan fingerprint density at radius 3 is 2.71 bits per heavy atom. The first-order chi connectivity index (χ1) is 10.1. The summed E-state index contributed by atoms with van der Waals surface area (Å²) >= 11 is 11.1. The number of nitrogens with zero attached hydrogens (tertiary/aromatic N) is 1. The lowest BCUT2D eigenvalue weighted by atomic mass is 10.1. The molecule has 0 spiro atoms. The van der Waals surface area contributed by atoms with Gasteiger partial charge in [0.25, 0.3) is 5.91 Å². The summed E-state index contributed by atoms with van der Waals surface area (Å²) < 4.78 is 0.920. The lowest BCUT2D eigenvalue weighted by Crippen LogP contribution is -2.30. The zero-order valence-electron chi connectivity index (χ0n) is 11.1. The number of carbonyl (C=O) groups excluding carboxylic acids is 1. The fourth-order valence-electron chi connectivity index (χ4n) is 2.37. The second-order valence-corrected chi connectivity index (χ2v) is 7.32. The van der Waals surface area contributed by atoms with E-state index in [0.29, 0.717) is 10.6 Å². The monoisotopic (exact) mass is 381 g/mol. The van der Waals surface area contributed by atoms with E-state index in [2.05, 4.69) is 15.9 Å². The summed E-state index contributed by atoms with van der Waals surface area (Å²) in [5.74, 6) is 1.02. The molecule has 1 fully saturated rings. The molecule has 3 rings (SSSR count). The van der Waals surface area contributed by atoms with E-state index in [1.807, 2.05) is 53.4 Å². The van der Waals surface area contributed by atoms with Crippen LogP contribution in [0.1, 0.15) is 21.3 Å². The van der Waals surface area contributed by atoms with Gasteiger partial charge in [0, 0.05) is 27.4 Å². The number of hydrogen-bond acceptors (Lipinski definition) is 2. The molecule has 0 N–H and O–H groups in total. The Bertz CT molecular complexity index is 662. The Labute approximate surface area is 141 Å². The molecule has 5 heteroatoms. The van der Waals surface area contributed by atoms with Gasteiger partial charge in [-0.3, -0.25) is 4.79 Å². The van der Waals surface area contributed by atoms with Crippen molar-refractivity contribution < 1.29 is 4.79 Å². The van der Waals surface area contributed by atoms with Crippen LogP contribution in [-0.2, 0) is 0 Å². The first kappa shape index (κ1) is 14.9. The molecule has 2 aromatic rings. The largest absolute Gasteiger partial charge is 0.322 e. The molecular formula is C16H13BrClNOS. The minimum Gasteiger partial charge on any atom is -0.322 e. The van der Waals surface area contributed by atoms with Crippen molar-refractivity contribution in [2.24, 2.45) is 0 Å². The van der Waals surface area contributed by atoms with Crippen molar-refractivity contribution in [3.05, 3.63) is 69.2 Å². The van der Waals surface area contributed by atoms with Crippen LogP contribution in [-0.4, -0.2) is 23.1 Å². The maximum atomic E-state index is 12.7. The van der Waals surface area contributed by atoms with E-state index in [1.54, 1.807) is 11.8 Å². The highest BCUT2D eigenvalue weighted by atomic mass is 79.9. The van der Waals surface area contributed by atoms with E-state index in [9.17, 15) is 4.79 Å². The zero-order chi connectivity index (χ0) is 14.8. The van der Waals surface area contributed by atoms with Gasteiger partial charge in [-0.1, -0.05) is 45.7 Å². The average Bonchev–Trinajstić information content (AvgIpc) is 2.96. The number of benzene rings is 2. The molecule has 0 radical (unpaired) electrons. The Balaban J connectivity index is 1.87. The predicted molar refractivity (Wildman–Crippen MR) is 91.8 cm³/mol. The highest BCUT2D eigenvalue weighted by Gasteiger charge is 2.31. The lowest BCUT2D eigenvalue weighted by Gasteiger charge is -2.24. The fraction of sp³-hybridized carbons (Fsp3) is 0.188. The summed E-state index contributed by atoms with van der Waals surface area (Å²) in [5, 5.41) is 0.778. The van der Waals surface area contributed by atoms with E-state index >= 15 is 0 Å². The van der Waals surface area contributed by atoms with E-state index in [0.717, 1.165) is 22.3 Å². The van der Waals surface area contributed by atoms with E-state index in [-0.39, 0.29) is 11.3 Å². The van der Waals surface area contributed by atoms with Gasteiger partial charge in [0.15, 0.2) is 0 Å². The van der Waals surface area contributed by atoms with Crippen molar-refractivity contribution in [2.75, 3.05) is 12.3 Å². The molecule has 0 bridgehead atoms. The van der Waals surface area contributed by atoms with Crippen LogP contribution in [0.15, 0.2) is 53.0 Å². The number of rotatable bonds is 2. The maximum Gasteiger partial charge on any atom is 0.255 e. The summed E-state index contributed by atoms with van der Waals surface area (Å²) in [4.78, 5) is 14.6. The van der Waals surface area contributed by atoms with Gasteiger partial charge in [-0.2, -0.15) is 0 Å². The smallest absolute Gasteiger partial charge is 0.255 e. The standard InChI is InChI=1S/C16H13BrClNOS/c17-13-3-1-2-12(10-13)15(20)19-8-9-21-16(19)11-4-6-14(18)7-5-11/h1-7,10,16H,8-9H2. The summed E-state index contributed by atoms with van der Waals surface area (Å²) in [5.41, 5.74) is 1.83. The van der Waals surface area contributed by atoms with Crippen molar-refractivity contribution in [2.45, 2.75) is 5.37 Å². The second-order valence-electron chi connectivity index (χ2n) is 4.78. The van der Waals surface area contributed by atoms with Gasteiger partial charge in [-0.15, -0.1) is 11.8 Å². The van der Waals surface area contributed by atoms with Crippen molar-refractivity contribution >= 4 is 45.2 Å². The molecule has 1 saturated heterocycles. The van der Waals surface area contributed by atoms with Crippen LogP contribution in [0.3, 0.4) is 0 Å². The third-order valence-corrected chi connectivity index (χ3v) is 5.38. The molecule has 21 heavy (non-hydrogen) atoms. The minimum atomic E-state index is 0.0637. The van der Waals surface area contributed by atoms with Gasteiger partial charge < -0.3 is 4.90 Å². The van der Waals surface area contributed by atoms with Crippen molar-refractivity contribution in [3.63, 3.8) is 0 Å². The molecule has 1 atom stereocenters. The van der Waals surface area contributed by atoms with Gasteiger partial charge in [-0.05, 0) is 35.9 Å². The number of halogens is 2. The van der Waals surface area contributed by atoms with Crippen molar-refractivity contribution in [1.82, 2.24) is 4.90 Å². The Hall–Kier alpha value is -0.970. The molecule has 1 heterocycles. The number of carbonyl (C=O) groups is 1. The topological polar surface area (TPSA) is 20.3 Å². The first-order valence-electron chi connectivity index (χ1n) is 6.59. The maximum absolute atomic E-state index is 12.7.